The van der Waals surface area contributed by atoms with E-state index in [4.69, 9.17) is 5.50 Å². The van der Waals surface area contributed by atoms with Crippen LogP contribution >= 0.6 is 7.59 Å². The minimum atomic E-state index is -2.54. The van der Waals surface area contributed by atoms with E-state index in [1.54, 1.807) is 0 Å². The highest BCUT2D eigenvalue weighted by atomic mass is 31.2. The van der Waals surface area contributed by atoms with Crippen LogP contribution in [0.3, 0.4) is 0 Å². The molecular weight excluding hydrogens is 113 g/mol. The maximum Gasteiger partial charge on any atom is 0.276 e. The van der Waals surface area contributed by atoms with Crippen LogP contribution in [0.4, 0.5) is 0 Å². The quantitative estimate of drug-likeness (QED) is 0.369. The van der Waals surface area contributed by atoms with Gasteiger partial charge in [-0.05, 0) is 0 Å². The van der Waals surface area contributed by atoms with Crippen LogP contribution in [0.15, 0.2) is 0 Å². The Hall–Kier alpha value is 0.110. The molecule has 0 aromatic carbocycles. The van der Waals surface area contributed by atoms with Crippen molar-refractivity contribution in [1.82, 2.24) is 10.2 Å². The summed E-state index contributed by atoms with van der Waals surface area (Å²) in [6.45, 7) is 1.43. The SMILES string of the molecule is NP1(=O)NCCN1. The molecule has 0 saturated carbocycles. The molecule has 1 fully saturated rings. The molecule has 4 N–H and O–H groups in total. The zero-order chi connectivity index (χ0) is 5.33. The first-order valence-electron chi connectivity index (χ1n) is 2.10. The van der Waals surface area contributed by atoms with Crippen LogP contribution in [-0.2, 0) is 4.57 Å². The summed E-state index contributed by atoms with van der Waals surface area (Å²) < 4.78 is 10.6. The summed E-state index contributed by atoms with van der Waals surface area (Å²) >= 11 is 0. The predicted molar refractivity (Wildman–Crippen MR) is 27.8 cm³/mol. The minimum Gasteiger partial charge on any atom is -0.271 e. The van der Waals surface area contributed by atoms with Gasteiger partial charge in [-0.15, -0.1) is 0 Å². The van der Waals surface area contributed by atoms with Gasteiger partial charge in [0.05, 0.1) is 0 Å². The predicted octanol–water partition coefficient (Wildman–Crippen LogP) is -0.754. The summed E-state index contributed by atoms with van der Waals surface area (Å²) in [7, 11) is -2.54. The van der Waals surface area contributed by atoms with Crippen molar-refractivity contribution < 1.29 is 4.57 Å². The van der Waals surface area contributed by atoms with E-state index < -0.39 is 7.59 Å². The molecular formula is C2H8N3OP. The molecule has 0 spiro atoms. The van der Waals surface area contributed by atoms with Gasteiger partial charge in [0.25, 0.3) is 7.59 Å². The molecule has 1 rings (SSSR count). The first kappa shape index (κ1) is 5.25. The first-order valence-corrected chi connectivity index (χ1v) is 3.87. The molecule has 1 heterocycles. The molecule has 0 unspecified atom stereocenters. The van der Waals surface area contributed by atoms with Gasteiger partial charge in [0.2, 0.25) is 0 Å². The lowest BCUT2D eigenvalue weighted by Gasteiger charge is -1.99. The second kappa shape index (κ2) is 1.56. The Morgan fingerprint density at radius 1 is 1.43 bits per heavy atom. The Morgan fingerprint density at radius 2 is 1.86 bits per heavy atom. The van der Waals surface area contributed by atoms with E-state index in [2.05, 4.69) is 10.2 Å². The third-order valence-corrected chi connectivity index (χ3v) is 2.21. The number of hydrogen-bond acceptors (Lipinski definition) is 1. The highest BCUT2D eigenvalue weighted by Gasteiger charge is 2.18. The summed E-state index contributed by atoms with van der Waals surface area (Å²) in [5.41, 5.74) is 5.11. The maximum absolute atomic E-state index is 10.6. The van der Waals surface area contributed by atoms with Crippen molar-refractivity contribution in [2.45, 2.75) is 0 Å². The van der Waals surface area contributed by atoms with Crippen molar-refractivity contribution >= 4 is 7.59 Å². The monoisotopic (exact) mass is 121 g/mol. The van der Waals surface area contributed by atoms with Crippen LogP contribution in [-0.4, -0.2) is 13.1 Å². The zero-order valence-corrected chi connectivity index (χ0v) is 4.74. The molecule has 0 bridgehead atoms. The van der Waals surface area contributed by atoms with E-state index in [1.807, 2.05) is 0 Å². The highest BCUT2D eigenvalue weighted by Crippen LogP contribution is 2.26. The second-order valence-electron chi connectivity index (χ2n) is 1.47. The van der Waals surface area contributed by atoms with Gasteiger partial charge in [0.1, 0.15) is 0 Å². The smallest absolute Gasteiger partial charge is 0.271 e. The largest absolute Gasteiger partial charge is 0.276 e. The third-order valence-electron chi connectivity index (χ3n) is 0.818. The van der Waals surface area contributed by atoms with Gasteiger partial charge >= 0.3 is 0 Å². The topological polar surface area (TPSA) is 67.2 Å². The molecule has 1 aliphatic heterocycles. The van der Waals surface area contributed by atoms with E-state index in [0.717, 1.165) is 0 Å². The molecule has 4 nitrogen and oxygen atoms in total. The number of rotatable bonds is 0. The molecule has 1 saturated heterocycles. The Bertz CT molecular complexity index is 104. The molecule has 0 aromatic heterocycles. The Kier molecular flexibility index (Phi) is 1.17. The summed E-state index contributed by atoms with van der Waals surface area (Å²) in [5.74, 6) is 0. The van der Waals surface area contributed by atoms with Crippen molar-refractivity contribution in [1.29, 1.82) is 0 Å². The normalized spacial score (nSPS) is 28.1. The number of nitrogens with one attached hydrogen (secondary N) is 2. The van der Waals surface area contributed by atoms with Crippen molar-refractivity contribution in [2.24, 2.45) is 5.50 Å². The molecule has 0 aromatic rings. The van der Waals surface area contributed by atoms with Crippen molar-refractivity contribution in [3.05, 3.63) is 0 Å². The third kappa shape index (κ3) is 1.24. The van der Waals surface area contributed by atoms with Crippen LogP contribution in [0.5, 0.6) is 0 Å². The van der Waals surface area contributed by atoms with Crippen molar-refractivity contribution in [3.63, 3.8) is 0 Å². The van der Waals surface area contributed by atoms with Gasteiger partial charge in [-0.3, -0.25) is 10.1 Å². The minimum absolute atomic E-state index is 0.716. The van der Waals surface area contributed by atoms with E-state index >= 15 is 0 Å². The van der Waals surface area contributed by atoms with E-state index in [9.17, 15) is 4.57 Å². The van der Waals surface area contributed by atoms with Crippen LogP contribution in [0, 0.1) is 0 Å². The standard InChI is InChI=1S/C2H8N3OP/c3-7(6)4-1-2-5-7/h1-2H2,(H4,3,4,5,6). The molecule has 1 aliphatic rings. The lowest BCUT2D eigenvalue weighted by atomic mass is 10.7. The van der Waals surface area contributed by atoms with Gasteiger partial charge in [-0.2, -0.15) is 0 Å². The zero-order valence-electron chi connectivity index (χ0n) is 3.85. The van der Waals surface area contributed by atoms with Crippen molar-refractivity contribution in [3.8, 4) is 0 Å². The lowest BCUT2D eigenvalue weighted by Crippen LogP contribution is -2.13. The van der Waals surface area contributed by atoms with Gasteiger partial charge in [-0.25, -0.2) is 10.2 Å². The van der Waals surface area contributed by atoms with Crippen LogP contribution in [0.1, 0.15) is 0 Å². The van der Waals surface area contributed by atoms with E-state index in [-0.39, 0.29) is 0 Å². The fourth-order valence-corrected chi connectivity index (χ4v) is 1.50. The fourth-order valence-electron chi connectivity index (χ4n) is 0.500. The van der Waals surface area contributed by atoms with E-state index in [0.29, 0.717) is 13.1 Å². The molecule has 5 heteroatoms. The summed E-state index contributed by atoms with van der Waals surface area (Å²) in [6, 6.07) is 0. The summed E-state index contributed by atoms with van der Waals surface area (Å²) in [6.07, 6.45) is 0. The Balaban J connectivity index is 2.57. The van der Waals surface area contributed by atoms with Crippen LogP contribution in [0.25, 0.3) is 0 Å². The number of hydrogen-bond donors (Lipinski definition) is 3. The maximum atomic E-state index is 10.6. The fraction of sp³-hybridized carbons (Fsp3) is 1.00. The van der Waals surface area contributed by atoms with Crippen molar-refractivity contribution in [2.75, 3.05) is 13.1 Å². The molecule has 0 radical (unpaired) electrons. The van der Waals surface area contributed by atoms with Gasteiger partial charge < -0.3 is 0 Å². The molecule has 7 heavy (non-hydrogen) atoms. The average molecular weight is 121 g/mol. The molecule has 0 amide bonds. The summed E-state index contributed by atoms with van der Waals surface area (Å²) in [5, 5.41) is 5.24. The van der Waals surface area contributed by atoms with Crippen LogP contribution < -0.4 is 15.7 Å². The van der Waals surface area contributed by atoms with Crippen LogP contribution in [0.2, 0.25) is 0 Å². The first-order chi connectivity index (χ1) is 3.21. The Labute approximate surface area is 42.0 Å². The van der Waals surface area contributed by atoms with Gasteiger partial charge in [-0.1, -0.05) is 0 Å². The average Bonchev–Trinajstić information content (AvgIpc) is 1.84. The highest BCUT2D eigenvalue weighted by molar-refractivity contribution is 7.57. The molecule has 0 aliphatic carbocycles. The Morgan fingerprint density at radius 3 is 2.00 bits per heavy atom. The summed E-state index contributed by atoms with van der Waals surface area (Å²) in [4.78, 5) is 0. The lowest BCUT2D eigenvalue weighted by molar-refractivity contribution is 0.568. The van der Waals surface area contributed by atoms with Gasteiger partial charge in [0, 0.05) is 13.1 Å². The molecule has 0 atom stereocenters. The number of nitrogens with two attached hydrogens (primary N) is 1. The second-order valence-corrected chi connectivity index (χ2v) is 3.42. The molecule has 42 valence electrons. The van der Waals surface area contributed by atoms with E-state index in [1.165, 1.54) is 0 Å². The van der Waals surface area contributed by atoms with Gasteiger partial charge in [0.15, 0.2) is 0 Å².